The number of rotatable bonds is 2. The van der Waals surface area contributed by atoms with E-state index in [9.17, 15) is 26.3 Å². The van der Waals surface area contributed by atoms with Gasteiger partial charge in [0.05, 0.1) is 0 Å². The average molecular weight is 264 g/mol. The van der Waals surface area contributed by atoms with Gasteiger partial charge in [-0.25, -0.2) is 0 Å². The van der Waals surface area contributed by atoms with Gasteiger partial charge in [-0.3, -0.25) is 0 Å². The maximum Gasteiger partial charge on any atom is 0.388 e. The zero-order valence-electron chi connectivity index (χ0n) is 9.03. The summed E-state index contributed by atoms with van der Waals surface area (Å²) >= 11 is 0. The Morgan fingerprint density at radius 2 is 1.59 bits per heavy atom. The van der Waals surface area contributed by atoms with E-state index in [0.29, 0.717) is 0 Å². The topological polar surface area (TPSA) is 23.3 Å². The minimum atomic E-state index is -4.70. The number of nitrogens with zero attached hydrogens (tertiary/aromatic N) is 1. The van der Waals surface area contributed by atoms with E-state index >= 15 is 0 Å². The molecule has 1 heterocycles. The Kier molecular flexibility index (Phi) is 3.97. The number of ether oxygens (including phenoxy) is 1. The number of alkyl halides is 6. The molecule has 0 aromatic heterocycles. The lowest BCUT2D eigenvalue weighted by Crippen LogP contribution is -2.51. The minimum absolute atomic E-state index is 0.0542. The van der Waals surface area contributed by atoms with E-state index in [0.717, 1.165) is 0 Å². The largest absolute Gasteiger partial charge is 0.652 e. The van der Waals surface area contributed by atoms with Crippen LogP contribution in [0.5, 0.6) is 0 Å². The SMILES string of the molecule is CC1OCC[N-]C1(CC(F)(F)F)CC(F)(F)F. The van der Waals surface area contributed by atoms with Crippen LogP contribution in [0.15, 0.2) is 0 Å². The first-order chi connectivity index (χ1) is 7.54. The molecule has 0 bridgehead atoms. The van der Waals surface area contributed by atoms with Gasteiger partial charge in [0.2, 0.25) is 0 Å². The molecular formula is C9H12F6NO-. The molecule has 1 saturated heterocycles. The van der Waals surface area contributed by atoms with Crippen molar-refractivity contribution in [3.05, 3.63) is 5.32 Å². The fraction of sp³-hybridized carbons (Fsp3) is 1.00. The fourth-order valence-electron chi connectivity index (χ4n) is 1.94. The molecule has 0 amide bonds. The summed E-state index contributed by atoms with van der Waals surface area (Å²) in [6.07, 6.45) is -13.8. The summed E-state index contributed by atoms with van der Waals surface area (Å²) in [5.41, 5.74) is -2.24. The molecule has 2 nitrogen and oxygen atoms in total. The Morgan fingerprint density at radius 1 is 1.12 bits per heavy atom. The van der Waals surface area contributed by atoms with Crippen LogP contribution in [0.4, 0.5) is 26.3 Å². The predicted molar refractivity (Wildman–Crippen MR) is 47.7 cm³/mol. The summed E-state index contributed by atoms with van der Waals surface area (Å²) < 4.78 is 79.0. The summed E-state index contributed by atoms with van der Waals surface area (Å²) in [6, 6.07) is 0. The summed E-state index contributed by atoms with van der Waals surface area (Å²) in [7, 11) is 0. The Hall–Kier alpha value is -0.500. The van der Waals surface area contributed by atoms with Crippen LogP contribution in [0.25, 0.3) is 5.32 Å². The molecule has 8 heteroatoms. The van der Waals surface area contributed by atoms with Gasteiger partial charge in [0.1, 0.15) is 0 Å². The molecule has 0 aromatic rings. The van der Waals surface area contributed by atoms with Crippen LogP contribution in [0.3, 0.4) is 0 Å². The van der Waals surface area contributed by atoms with Crippen LogP contribution in [0.2, 0.25) is 0 Å². The standard InChI is InChI=1S/C9H12F6NO/c1-6-7(4-8(10,11)12,5-9(13,14)15)16-2-3-17-6/h6H,2-5H2,1H3/q-1. The van der Waals surface area contributed by atoms with Crippen LogP contribution >= 0.6 is 0 Å². The van der Waals surface area contributed by atoms with E-state index < -0.39 is 36.8 Å². The van der Waals surface area contributed by atoms with Crippen molar-refractivity contribution in [2.75, 3.05) is 13.2 Å². The number of hydrogen-bond donors (Lipinski definition) is 0. The Bertz CT molecular complexity index is 245. The van der Waals surface area contributed by atoms with Crippen molar-refractivity contribution in [1.82, 2.24) is 0 Å². The van der Waals surface area contributed by atoms with Gasteiger partial charge in [0.15, 0.2) is 0 Å². The van der Waals surface area contributed by atoms with Gasteiger partial charge in [-0.05, 0) is 6.92 Å². The van der Waals surface area contributed by atoms with E-state index in [2.05, 4.69) is 5.32 Å². The molecule has 1 atom stereocenters. The highest BCUT2D eigenvalue weighted by atomic mass is 19.4. The highest BCUT2D eigenvalue weighted by Crippen LogP contribution is 2.45. The van der Waals surface area contributed by atoms with E-state index in [4.69, 9.17) is 4.74 Å². The molecule has 0 aromatic carbocycles. The molecule has 102 valence electrons. The first-order valence-corrected chi connectivity index (χ1v) is 4.98. The summed E-state index contributed by atoms with van der Waals surface area (Å²) in [5.74, 6) is 0. The molecule has 0 spiro atoms. The third-order valence-electron chi connectivity index (χ3n) is 2.66. The molecule has 1 aliphatic heterocycles. The molecule has 1 unspecified atom stereocenters. The highest BCUT2D eigenvalue weighted by Gasteiger charge is 2.47. The second-order valence-corrected chi connectivity index (χ2v) is 4.08. The van der Waals surface area contributed by atoms with E-state index in [1.54, 1.807) is 0 Å². The molecule has 0 N–H and O–H groups in total. The quantitative estimate of drug-likeness (QED) is 0.701. The zero-order valence-corrected chi connectivity index (χ0v) is 9.03. The van der Waals surface area contributed by atoms with E-state index in [1.165, 1.54) is 6.92 Å². The van der Waals surface area contributed by atoms with Crippen LogP contribution in [-0.4, -0.2) is 37.1 Å². The van der Waals surface area contributed by atoms with Crippen molar-refractivity contribution < 1.29 is 31.1 Å². The third kappa shape index (κ3) is 4.34. The Balaban J connectivity index is 2.90. The van der Waals surface area contributed by atoms with Crippen LogP contribution in [-0.2, 0) is 4.74 Å². The molecule has 1 aliphatic rings. The fourth-order valence-corrected chi connectivity index (χ4v) is 1.94. The second-order valence-electron chi connectivity index (χ2n) is 4.08. The van der Waals surface area contributed by atoms with Gasteiger partial charge < -0.3 is 10.1 Å². The lowest BCUT2D eigenvalue weighted by atomic mass is 9.84. The molecule has 1 rings (SSSR count). The van der Waals surface area contributed by atoms with Crippen LogP contribution in [0.1, 0.15) is 19.8 Å². The number of hydrogen-bond acceptors (Lipinski definition) is 1. The van der Waals surface area contributed by atoms with Crippen molar-refractivity contribution in [2.45, 2.75) is 43.8 Å². The first-order valence-electron chi connectivity index (χ1n) is 4.98. The summed E-state index contributed by atoms with van der Waals surface area (Å²) in [6.45, 7) is 1.11. The lowest BCUT2D eigenvalue weighted by Gasteiger charge is -2.55. The van der Waals surface area contributed by atoms with Crippen LogP contribution in [0, 0.1) is 0 Å². The lowest BCUT2D eigenvalue weighted by molar-refractivity contribution is -0.191. The minimum Gasteiger partial charge on any atom is -0.652 e. The average Bonchev–Trinajstić information content (AvgIpc) is 2.04. The molecule has 0 radical (unpaired) electrons. The number of morpholine rings is 1. The Labute approximate surface area is 94.3 Å². The smallest absolute Gasteiger partial charge is 0.388 e. The van der Waals surface area contributed by atoms with Gasteiger partial charge in [0, 0.05) is 25.6 Å². The monoisotopic (exact) mass is 264 g/mol. The van der Waals surface area contributed by atoms with Crippen molar-refractivity contribution in [1.29, 1.82) is 0 Å². The van der Waals surface area contributed by atoms with Gasteiger partial charge in [-0.2, -0.15) is 26.3 Å². The third-order valence-corrected chi connectivity index (χ3v) is 2.66. The maximum absolute atomic E-state index is 12.4. The van der Waals surface area contributed by atoms with Gasteiger partial charge in [0.25, 0.3) is 0 Å². The van der Waals surface area contributed by atoms with Gasteiger partial charge >= 0.3 is 12.4 Å². The van der Waals surface area contributed by atoms with Gasteiger partial charge in [-0.1, -0.05) is 5.54 Å². The van der Waals surface area contributed by atoms with Crippen molar-refractivity contribution in [3.8, 4) is 0 Å². The summed E-state index contributed by atoms with van der Waals surface area (Å²) in [4.78, 5) is 0. The molecule has 0 saturated carbocycles. The molecular weight excluding hydrogens is 252 g/mol. The molecule has 0 aliphatic carbocycles. The van der Waals surface area contributed by atoms with Crippen molar-refractivity contribution in [3.63, 3.8) is 0 Å². The molecule has 17 heavy (non-hydrogen) atoms. The zero-order chi connectivity index (χ0) is 13.3. The van der Waals surface area contributed by atoms with Crippen LogP contribution < -0.4 is 0 Å². The predicted octanol–water partition coefficient (Wildman–Crippen LogP) is 3.42. The summed E-state index contributed by atoms with van der Waals surface area (Å²) in [5, 5.41) is 3.55. The Morgan fingerprint density at radius 3 is 1.94 bits per heavy atom. The first kappa shape index (κ1) is 14.6. The van der Waals surface area contributed by atoms with E-state index in [-0.39, 0.29) is 13.2 Å². The van der Waals surface area contributed by atoms with E-state index in [1.807, 2.05) is 0 Å². The molecule has 1 fully saturated rings. The normalized spacial score (nSPS) is 25.9. The second kappa shape index (κ2) is 4.64. The maximum atomic E-state index is 12.4. The van der Waals surface area contributed by atoms with Crippen molar-refractivity contribution >= 4 is 0 Å². The van der Waals surface area contributed by atoms with Crippen molar-refractivity contribution in [2.24, 2.45) is 0 Å². The number of halogens is 6. The highest BCUT2D eigenvalue weighted by molar-refractivity contribution is 5.15. The van der Waals surface area contributed by atoms with Gasteiger partial charge in [-0.15, -0.1) is 6.54 Å².